The predicted octanol–water partition coefficient (Wildman–Crippen LogP) is 0.00350. The minimum atomic E-state index is -1.86. The van der Waals surface area contributed by atoms with Gasteiger partial charge in [0.15, 0.2) is 5.60 Å². The highest BCUT2D eigenvalue weighted by atomic mass is 16.4. The van der Waals surface area contributed by atoms with Crippen LogP contribution >= 0.6 is 0 Å². The lowest BCUT2D eigenvalue weighted by Crippen LogP contribution is -2.47. The quantitative estimate of drug-likeness (QED) is 0.631. The van der Waals surface area contributed by atoms with Gasteiger partial charge in [-0.1, -0.05) is 30.3 Å². The summed E-state index contributed by atoms with van der Waals surface area (Å²) >= 11 is 0. The average molecular weight is 195 g/mol. The molecule has 0 aliphatic rings. The van der Waals surface area contributed by atoms with Gasteiger partial charge in [-0.25, -0.2) is 4.79 Å². The first kappa shape index (κ1) is 10.7. The number of aliphatic carboxylic acids is 1. The highest BCUT2D eigenvalue weighted by molar-refractivity contribution is 5.77. The van der Waals surface area contributed by atoms with Crippen molar-refractivity contribution in [2.75, 3.05) is 6.54 Å². The Morgan fingerprint density at radius 3 is 2.36 bits per heavy atom. The van der Waals surface area contributed by atoms with Crippen LogP contribution in [0.1, 0.15) is 5.56 Å². The molecule has 1 aromatic carbocycles. The van der Waals surface area contributed by atoms with E-state index in [9.17, 15) is 9.90 Å². The monoisotopic (exact) mass is 195 g/mol. The van der Waals surface area contributed by atoms with Gasteiger partial charge in [-0.3, -0.25) is 0 Å². The molecule has 0 aliphatic heterocycles. The van der Waals surface area contributed by atoms with Crippen molar-refractivity contribution < 1.29 is 15.0 Å². The largest absolute Gasteiger partial charge is 0.479 e. The number of nitrogens with two attached hydrogens (primary N) is 1. The van der Waals surface area contributed by atoms with Gasteiger partial charge >= 0.3 is 5.97 Å². The highest BCUT2D eigenvalue weighted by Gasteiger charge is 2.34. The van der Waals surface area contributed by atoms with Crippen LogP contribution in [0.4, 0.5) is 0 Å². The fourth-order valence-electron chi connectivity index (χ4n) is 1.17. The minimum Gasteiger partial charge on any atom is -0.479 e. The Bertz CT molecular complexity index is 312. The number of carbonyl (C=O) groups is 1. The number of carboxylic acid groups (broad SMARTS) is 1. The molecular formula is C10H13NO3. The van der Waals surface area contributed by atoms with Gasteiger partial charge in [-0.05, 0) is 5.56 Å². The zero-order valence-corrected chi connectivity index (χ0v) is 7.68. The van der Waals surface area contributed by atoms with Gasteiger partial charge in [0, 0.05) is 13.0 Å². The molecule has 1 aromatic rings. The van der Waals surface area contributed by atoms with Gasteiger partial charge in [0.05, 0.1) is 0 Å². The molecule has 1 unspecified atom stereocenters. The molecule has 4 heteroatoms. The van der Waals surface area contributed by atoms with E-state index >= 15 is 0 Å². The molecular weight excluding hydrogens is 182 g/mol. The first-order valence-corrected chi connectivity index (χ1v) is 4.28. The Kier molecular flexibility index (Phi) is 3.22. The van der Waals surface area contributed by atoms with Gasteiger partial charge in [-0.2, -0.15) is 0 Å². The van der Waals surface area contributed by atoms with Crippen molar-refractivity contribution in [2.45, 2.75) is 12.0 Å². The molecule has 0 bridgehead atoms. The fraction of sp³-hybridized carbons (Fsp3) is 0.300. The molecule has 76 valence electrons. The van der Waals surface area contributed by atoms with E-state index in [1.807, 2.05) is 6.07 Å². The summed E-state index contributed by atoms with van der Waals surface area (Å²) in [6, 6.07) is 8.90. The number of hydrogen-bond donors (Lipinski definition) is 3. The molecule has 0 heterocycles. The van der Waals surface area contributed by atoms with Gasteiger partial charge < -0.3 is 15.9 Å². The standard InChI is InChI=1S/C10H13NO3/c11-7-10(14,9(12)13)6-8-4-2-1-3-5-8/h1-5,14H,6-7,11H2,(H,12,13). The Balaban J connectivity index is 2.81. The molecule has 1 rings (SSSR count). The van der Waals surface area contributed by atoms with E-state index in [-0.39, 0.29) is 13.0 Å². The van der Waals surface area contributed by atoms with Gasteiger partial charge in [0.2, 0.25) is 0 Å². The van der Waals surface area contributed by atoms with E-state index in [2.05, 4.69) is 0 Å². The minimum absolute atomic E-state index is 0.0275. The van der Waals surface area contributed by atoms with Crippen molar-refractivity contribution in [2.24, 2.45) is 5.73 Å². The van der Waals surface area contributed by atoms with E-state index < -0.39 is 11.6 Å². The van der Waals surface area contributed by atoms with Crippen LogP contribution in [0.3, 0.4) is 0 Å². The fourth-order valence-corrected chi connectivity index (χ4v) is 1.17. The SMILES string of the molecule is NCC(O)(Cc1ccccc1)C(=O)O. The zero-order chi connectivity index (χ0) is 10.6. The number of carboxylic acids is 1. The lowest BCUT2D eigenvalue weighted by Gasteiger charge is -2.21. The third-order valence-electron chi connectivity index (χ3n) is 2.08. The van der Waals surface area contributed by atoms with E-state index in [1.54, 1.807) is 24.3 Å². The van der Waals surface area contributed by atoms with Gasteiger partial charge in [0.1, 0.15) is 0 Å². The second-order valence-corrected chi connectivity index (χ2v) is 3.20. The summed E-state index contributed by atoms with van der Waals surface area (Å²) in [6.45, 7) is -0.294. The van der Waals surface area contributed by atoms with Crippen LogP contribution in [-0.2, 0) is 11.2 Å². The third-order valence-corrected chi connectivity index (χ3v) is 2.08. The second kappa shape index (κ2) is 4.21. The van der Waals surface area contributed by atoms with Crippen molar-refractivity contribution in [3.8, 4) is 0 Å². The molecule has 0 radical (unpaired) electrons. The zero-order valence-electron chi connectivity index (χ0n) is 7.68. The van der Waals surface area contributed by atoms with E-state index in [0.29, 0.717) is 0 Å². The number of aliphatic hydroxyl groups is 1. The summed E-state index contributed by atoms with van der Waals surface area (Å²) in [5, 5.41) is 18.4. The molecule has 0 saturated heterocycles. The second-order valence-electron chi connectivity index (χ2n) is 3.20. The Hall–Kier alpha value is -1.39. The smallest absolute Gasteiger partial charge is 0.337 e. The van der Waals surface area contributed by atoms with Crippen LogP contribution in [0.5, 0.6) is 0 Å². The lowest BCUT2D eigenvalue weighted by molar-refractivity contribution is -0.157. The molecule has 14 heavy (non-hydrogen) atoms. The van der Waals surface area contributed by atoms with Crippen LogP contribution in [0, 0.1) is 0 Å². The Morgan fingerprint density at radius 2 is 1.93 bits per heavy atom. The molecule has 0 amide bonds. The van der Waals surface area contributed by atoms with E-state index in [1.165, 1.54) is 0 Å². The maximum absolute atomic E-state index is 10.7. The molecule has 1 atom stereocenters. The predicted molar refractivity (Wildman–Crippen MR) is 51.8 cm³/mol. The van der Waals surface area contributed by atoms with Crippen molar-refractivity contribution >= 4 is 5.97 Å². The molecule has 0 fully saturated rings. The van der Waals surface area contributed by atoms with E-state index in [4.69, 9.17) is 10.8 Å². The maximum Gasteiger partial charge on any atom is 0.337 e. The number of hydrogen-bond acceptors (Lipinski definition) is 3. The Labute approximate surface area is 82.0 Å². The van der Waals surface area contributed by atoms with Crippen LogP contribution in [-0.4, -0.2) is 28.3 Å². The van der Waals surface area contributed by atoms with Gasteiger partial charge in [0.25, 0.3) is 0 Å². The van der Waals surface area contributed by atoms with Crippen molar-refractivity contribution in [1.82, 2.24) is 0 Å². The molecule has 0 saturated carbocycles. The van der Waals surface area contributed by atoms with Crippen molar-refractivity contribution in [3.63, 3.8) is 0 Å². The highest BCUT2D eigenvalue weighted by Crippen LogP contribution is 2.12. The molecule has 4 N–H and O–H groups in total. The first-order chi connectivity index (χ1) is 6.58. The molecule has 0 aliphatic carbocycles. The van der Waals surface area contributed by atoms with Crippen LogP contribution in [0.2, 0.25) is 0 Å². The maximum atomic E-state index is 10.7. The van der Waals surface area contributed by atoms with Crippen LogP contribution in [0.25, 0.3) is 0 Å². The number of benzene rings is 1. The van der Waals surface area contributed by atoms with Crippen molar-refractivity contribution in [1.29, 1.82) is 0 Å². The normalized spacial score (nSPS) is 14.7. The van der Waals surface area contributed by atoms with Crippen LogP contribution in [0.15, 0.2) is 30.3 Å². The first-order valence-electron chi connectivity index (χ1n) is 4.28. The number of rotatable bonds is 4. The molecule has 0 spiro atoms. The summed E-state index contributed by atoms with van der Waals surface area (Å²) in [5.74, 6) is -1.29. The van der Waals surface area contributed by atoms with Crippen molar-refractivity contribution in [3.05, 3.63) is 35.9 Å². The third kappa shape index (κ3) is 2.31. The summed E-state index contributed by atoms with van der Waals surface area (Å²) < 4.78 is 0. The summed E-state index contributed by atoms with van der Waals surface area (Å²) in [5.41, 5.74) is 4.12. The molecule has 4 nitrogen and oxygen atoms in total. The van der Waals surface area contributed by atoms with E-state index in [0.717, 1.165) is 5.56 Å². The summed E-state index contributed by atoms with van der Waals surface area (Å²) in [6.07, 6.45) is 0.0275. The summed E-state index contributed by atoms with van der Waals surface area (Å²) in [4.78, 5) is 10.7. The Morgan fingerprint density at radius 1 is 1.36 bits per heavy atom. The topological polar surface area (TPSA) is 83.5 Å². The summed E-state index contributed by atoms with van der Waals surface area (Å²) in [7, 11) is 0. The van der Waals surface area contributed by atoms with Crippen LogP contribution < -0.4 is 5.73 Å². The molecule has 0 aromatic heterocycles. The van der Waals surface area contributed by atoms with Gasteiger partial charge in [-0.15, -0.1) is 0 Å². The average Bonchev–Trinajstić information content (AvgIpc) is 2.19. The lowest BCUT2D eigenvalue weighted by atomic mass is 9.95.